The van der Waals surface area contributed by atoms with Crippen LogP contribution in [0.4, 0.5) is 0 Å². The molecule has 0 N–H and O–H groups in total. The van der Waals surface area contributed by atoms with Crippen LogP contribution >= 0.6 is 0 Å². The standard InChI is InChI=1S/C22H28N2O5S/c1-3-28-19-7-5-18(6-8-19)17-22(25)23-13-15-24(16-14-23)30(26,27)21-11-9-20(10-12-21)29-4-2/h5-12H,3-4,13-17H2,1-2H3. The van der Waals surface area contributed by atoms with E-state index in [1.54, 1.807) is 29.2 Å². The molecule has 0 bridgehead atoms. The van der Waals surface area contributed by atoms with Gasteiger partial charge in [0.05, 0.1) is 24.5 Å². The largest absolute Gasteiger partial charge is 0.494 e. The molecule has 162 valence electrons. The maximum atomic E-state index is 12.9. The number of hydrogen-bond donors (Lipinski definition) is 0. The lowest BCUT2D eigenvalue weighted by molar-refractivity contribution is -0.131. The van der Waals surface area contributed by atoms with E-state index in [1.165, 1.54) is 4.31 Å². The van der Waals surface area contributed by atoms with E-state index in [1.807, 2.05) is 38.1 Å². The molecule has 0 unspecified atom stereocenters. The number of amides is 1. The van der Waals surface area contributed by atoms with E-state index in [-0.39, 0.29) is 30.3 Å². The molecule has 1 aliphatic heterocycles. The second-order valence-corrected chi connectivity index (χ2v) is 8.88. The fourth-order valence-corrected chi connectivity index (χ4v) is 4.78. The maximum Gasteiger partial charge on any atom is 0.243 e. The van der Waals surface area contributed by atoms with E-state index in [2.05, 4.69) is 0 Å². The highest BCUT2D eigenvalue weighted by Gasteiger charge is 2.30. The third-order valence-corrected chi connectivity index (χ3v) is 6.87. The number of sulfonamides is 1. The molecule has 1 amide bonds. The molecule has 8 heteroatoms. The first-order chi connectivity index (χ1) is 14.4. The van der Waals surface area contributed by atoms with E-state index in [0.29, 0.717) is 32.1 Å². The first-order valence-electron chi connectivity index (χ1n) is 10.2. The van der Waals surface area contributed by atoms with Gasteiger partial charge in [0, 0.05) is 26.2 Å². The molecule has 7 nitrogen and oxygen atoms in total. The molecule has 30 heavy (non-hydrogen) atoms. The molecule has 0 aliphatic carbocycles. The fourth-order valence-electron chi connectivity index (χ4n) is 3.36. The minimum absolute atomic E-state index is 0.00252. The van der Waals surface area contributed by atoms with Crippen LogP contribution in [0.5, 0.6) is 11.5 Å². The number of piperazine rings is 1. The van der Waals surface area contributed by atoms with Gasteiger partial charge in [-0.1, -0.05) is 12.1 Å². The summed E-state index contributed by atoms with van der Waals surface area (Å²) in [6.45, 7) is 6.25. The Hall–Kier alpha value is -2.58. The molecule has 1 heterocycles. The zero-order chi connectivity index (χ0) is 21.6. The quantitative estimate of drug-likeness (QED) is 0.641. The average Bonchev–Trinajstić information content (AvgIpc) is 2.76. The van der Waals surface area contributed by atoms with Crippen molar-refractivity contribution >= 4 is 15.9 Å². The van der Waals surface area contributed by atoms with Gasteiger partial charge in [0.25, 0.3) is 0 Å². The summed E-state index contributed by atoms with van der Waals surface area (Å²) in [7, 11) is -3.59. The van der Waals surface area contributed by atoms with Crippen LogP contribution in [0, 0.1) is 0 Å². The molecule has 1 aliphatic rings. The molecule has 0 aromatic heterocycles. The molecule has 0 radical (unpaired) electrons. The van der Waals surface area contributed by atoms with Crippen molar-refractivity contribution in [3.05, 3.63) is 54.1 Å². The van der Waals surface area contributed by atoms with Crippen LogP contribution in [0.25, 0.3) is 0 Å². The fraction of sp³-hybridized carbons (Fsp3) is 0.409. The summed E-state index contributed by atoms with van der Waals surface area (Å²) in [4.78, 5) is 14.6. The summed E-state index contributed by atoms with van der Waals surface area (Å²) in [5, 5.41) is 0. The van der Waals surface area contributed by atoms with Crippen LogP contribution < -0.4 is 9.47 Å². The van der Waals surface area contributed by atoms with Crippen molar-refractivity contribution < 1.29 is 22.7 Å². The van der Waals surface area contributed by atoms with E-state index in [4.69, 9.17) is 9.47 Å². The summed E-state index contributed by atoms with van der Waals surface area (Å²) in [6.07, 6.45) is 0.290. The van der Waals surface area contributed by atoms with E-state index in [9.17, 15) is 13.2 Å². The van der Waals surface area contributed by atoms with E-state index in [0.717, 1.165) is 11.3 Å². The first-order valence-corrected chi connectivity index (χ1v) is 11.6. The van der Waals surface area contributed by atoms with Crippen LogP contribution in [0.2, 0.25) is 0 Å². The number of ether oxygens (including phenoxy) is 2. The molecule has 1 fully saturated rings. The SMILES string of the molecule is CCOc1ccc(CC(=O)N2CCN(S(=O)(=O)c3ccc(OCC)cc3)CC2)cc1. The molecule has 1 saturated heterocycles. The summed E-state index contributed by atoms with van der Waals surface area (Å²) in [5.41, 5.74) is 0.910. The third-order valence-electron chi connectivity index (χ3n) is 4.95. The first kappa shape index (κ1) is 22.1. The Morgan fingerprint density at radius 3 is 1.83 bits per heavy atom. The smallest absolute Gasteiger partial charge is 0.243 e. The molecular weight excluding hydrogens is 404 g/mol. The number of benzene rings is 2. The van der Waals surface area contributed by atoms with E-state index >= 15 is 0 Å². The van der Waals surface area contributed by atoms with Crippen LogP contribution in [0.3, 0.4) is 0 Å². The molecule has 3 rings (SSSR count). The summed E-state index contributed by atoms with van der Waals surface area (Å²) in [5.74, 6) is 1.42. The summed E-state index contributed by atoms with van der Waals surface area (Å²) < 4.78 is 38.0. The van der Waals surface area contributed by atoms with Crippen molar-refractivity contribution in [2.24, 2.45) is 0 Å². The van der Waals surface area contributed by atoms with Crippen LogP contribution in [-0.4, -0.2) is 62.9 Å². The Labute approximate surface area is 178 Å². The van der Waals surface area contributed by atoms with Crippen molar-refractivity contribution in [1.29, 1.82) is 0 Å². The highest BCUT2D eigenvalue weighted by molar-refractivity contribution is 7.89. The summed E-state index contributed by atoms with van der Waals surface area (Å²) >= 11 is 0. The number of carbonyl (C=O) groups excluding carboxylic acids is 1. The van der Waals surface area contributed by atoms with Crippen LogP contribution in [0.1, 0.15) is 19.4 Å². The average molecular weight is 433 g/mol. The lowest BCUT2D eigenvalue weighted by atomic mass is 10.1. The second-order valence-electron chi connectivity index (χ2n) is 6.94. The zero-order valence-corrected chi connectivity index (χ0v) is 18.2. The number of nitrogens with zero attached hydrogens (tertiary/aromatic N) is 2. The third kappa shape index (κ3) is 5.31. The number of hydrogen-bond acceptors (Lipinski definition) is 5. The van der Waals surface area contributed by atoms with Crippen LogP contribution in [0.15, 0.2) is 53.4 Å². The Kier molecular flexibility index (Phi) is 7.33. The highest BCUT2D eigenvalue weighted by Crippen LogP contribution is 2.21. The molecule has 0 spiro atoms. The Balaban J connectivity index is 1.56. The van der Waals surface area contributed by atoms with Crippen molar-refractivity contribution in [2.45, 2.75) is 25.2 Å². The van der Waals surface area contributed by atoms with E-state index < -0.39 is 10.0 Å². The Morgan fingerprint density at radius 1 is 0.833 bits per heavy atom. The minimum Gasteiger partial charge on any atom is -0.494 e. The molecule has 0 atom stereocenters. The Bertz CT molecular complexity index is 934. The highest BCUT2D eigenvalue weighted by atomic mass is 32.2. The van der Waals surface area contributed by atoms with Gasteiger partial charge in [-0.3, -0.25) is 4.79 Å². The molecule has 0 saturated carbocycles. The van der Waals surface area contributed by atoms with Gasteiger partial charge in [-0.15, -0.1) is 0 Å². The molecule has 2 aromatic carbocycles. The normalized spacial score (nSPS) is 15.1. The van der Waals surface area contributed by atoms with Crippen molar-refractivity contribution in [3.8, 4) is 11.5 Å². The van der Waals surface area contributed by atoms with Gasteiger partial charge in [-0.2, -0.15) is 4.31 Å². The maximum absolute atomic E-state index is 12.9. The molecular formula is C22H28N2O5S. The Morgan fingerprint density at radius 2 is 1.33 bits per heavy atom. The topological polar surface area (TPSA) is 76.2 Å². The van der Waals surface area contributed by atoms with Crippen molar-refractivity contribution in [1.82, 2.24) is 9.21 Å². The van der Waals surface area contributed by atoms with Gasteiger partial charge in [-0.05, 0) is 55.8 Å². The predicted molar refractivity (Wildman–Crippen MR) is 114 cm³/mol. The van der Waals surface area contributed by atoms with Gasteiger partial charge in [0.1, 0.15) is 11.5 Å². The monoisotopic (exact) mass is 432 g/mol. The number of rotatable bonds is 8. The minimum atomic E-state index is -3.59. The van der Waals surface area contributed by atoms with Gasteiger partial charge < -0.3 is 14.4 Å². The van der Waals surface area contributed by atoms with Gasteiger partial charge in [-0.25, -0.2) is 8.42 Å². The lowest BCUT2D eigenvalue weighted by Crippen LogP contribution is -2.50. The van der Waals surface area contributed by atoms with Crippen molar-refractivity contribution in [2.75, 3.05) is 39.4 Å². The second kappa shape index (κ2) is 9.95. The van der Waals surface area contributed by atoms with Crippen LogP contribution in [-0.2, 0) is 21.2 Å². The van der Waals surface area contributed by atoms with Gasteiger partial charge in [0.2, 0.25) is 15.9 Å². The predicted octanol–water partition coefficient (Wildman–Crippen LogP) is 2.56. The van der Waals surface area contributed by atoms with Gasteiger partial charge >= 0.3 is 0 Å². The van der Waals surface area contributed by atoms with Crippen molar-refractivity contribution in [3.63, 3.8) is 0 Å². The number of carbonyl (C=O) groups is 1. The summed E-state index contributed by atoms with van der Waals surface area (Å²) in [6, 6.07) is 13.9. The lowest BCUT2D eigenvalue weighted by Gasteiger charge is -2.34. The zero-order valence-electron chi connectivity index (χ0n) is 17.4. The molecule has 2 aromatic rings. The van der Waals surface area contributed by atoms with Gasteiger partial charge in [0.15, 0.2) is 0 Å².